The van der Waals surface area contributed by atoms with Gasteiger partial charge < -0.3 is 10.2 Å². The van der Waals surface area contributed by atoms with Crippen molar-refractivity contribution < 1.29 is 18.0 Å². The first-order chi connectivity index (χ1) is 13.8. The van der Waals surface area contributed by atoms with Crippen LogP contribution >= 0.6 is 0 Å². The topological polar surface area (TPSA) is 35.6 Å². The number of rotatable bonds is 6. The molecule has 1 amide bonds. The van der Waals surface area contributed by atoms with Gasteiger partial charge in [0, 0.05) is 26.3 Å². The third kappa shape index (κ3) is 5.09. The molecule has 1 N–H and O–H groups in total. The van der Waals surface area contributed by atoms with E-state index < -0.39 is 17.6 Å². The number of carbonyl (C=O) groups is 1. The maximum Gasteiger partial charge on any atom is 0.417 e. The van der Waals surface area contributed by atoms with Crippen molar-refractivity contribution in [3.05, 3.63) is 65.2 Å². The molecule has 1 heterocycles. The van der Waals surface area contributed by atoms with Crippen LogP contribution in [0.25, 0.3) is 0 Å². The summed E-state index contributed by atoms with van der Waals surface area (Å²) < 4.78 is 39.7. The molecule has 0 bridgehead atoms. The minimum atomic E-state index is -4.57. The highest BCUT2D eigenvalue weighted by molar-refractivity contribution is 5.95. The van der Waals surface area contributed by atoms with E-state index in [-0.39, 0.29) is 18.2 Å². The molecule has 1 unspecified atom stereocenters. The molecule has 0 aliphatic carbocycles. The zero-order valence-electron chi connectivity index (χ0n) is 16.7. The summed E-state index contributed by atoms with van der Waals surface area (Å²) in [6.07, 6.45) is -2.40. The summed E-state index contributed by atoms with van der Waals surface area (Å²) in [5, 5.41) is 2.73. The Morgan fingerprint density at radius 2 is 1.69 bits per heavy atom. The van der Waals surface area contributed by atoms with Gasteiger partial charge in [-0.1, -0.05) is 24.3 Å². The van der Waals surface area contributed by atoms with Crippen molar-refractivity contribution in [2.24, 2.45) is 0 Å². The van der Waals surface area contributed by atoms with Crippen molar-refractivity contribution in [2.75, 3.05) is 38.6 Å². The molecule has 1 aliphatic heterocycles. The molecule has 1 atom stereocenters. The quantitative estimate of drug-likeness (QED) is 0.777. The molecular weight excluding hydrogens is 379 g/mol. The summed E-state index contributed by atoms with van der Waals surface area (Å²) >= 11 is 0. The summed E-state index contributed by atoms with van der Waals surface area (Å²) in [4.78, 5) is 16.9. The molecule has 2 aromatic carbocycles. The standard InChI is InChI=1S/C22H26F3N3O/c1-27(2)17-11-9-16(10-12-17)20(28-13-5-6-14-28)15-26-21(29)18-7-3-4-8-19(18)22(23,24)25/h3-4,7-12,20H,5-6,13-15H2,1-2H3,(H,26,29). The molecule has 1 aliphatic rings. The van der Waals surface area contributed by atoms with Crippen LogP contribution in [-0.4, -0.2) is 44.5 Å². The van der Waals surface area contributed by atoms with Crippen LogP contribution in [0.15, 0.2) is 48.5 Å². The van der Waals surface area contributed by atoms with Crippen LogP contribution < -0.4 is 10.2 Å². The van der Waals surface area contributed by atoms with E-state index in [9.17, 15) is 18.0 Å². The first kappa shape index (κ1) is 21.2. The van der Waals surface area contributed by atoms with Crippen LogP contribution in [-0.2, 0) is 6.18 Å². The van der Waals surface area contributed by atoms with Gasteiger partial charge in [0.05, 0.1) is 17.2 Å². The monoisotopic (exact) mass is 405 g/mol. The Morgan fingerprint density at radius 1 is 1.07 bits per heavy atom. The van der Waals surface area contributed by atoms with E-state index in [4.69, 9.17) is 0 Å². The van der Waals surface area contributed by atoms with E-state index in [0.29, 0.717) is 0 Å². The van der Waals surface area contributed by atoms with E-state index in [2.05, 4.69) is 10.2 Å². The van der Waals surface area contributed by atoms with Crippen LogP contribution in [0.4, 0.5) is 18.9 Å². The van der Waals surface area contributed by atoms with Crippen molar-refractivity contribution in [3.63, 3.8) is 0 Å². The average molecular weight is 405 g/mol. The molecule has 1 fully saturated rings. The second kappa shape index (κ2) is 8.86. The van der Waals surface area contributed by atoms with Crippen molar-refractivity contribution in [1.82, 2.24) is 10.2 Å². The minimum Gasteiger partial charge on any atom is -0.378 e. The number of hydrogen-bond acceptors (Lipinski definition) is 3. The highest BCUT2D eigenvalue weighted by Gasteiger charge is 2.35. The third-order valence-corrected chi connectivity index (χ3v) is 5.31. The molecular formula is C22H26F3N3O. The number of carbonyl (C=O) groups excluding carboxylic acids is 1. The molecule has 0 aromatic heterocycles. The van der Waals surface area contributed by atoms with Crippen LogP contribution in [0.1, 0.15) is 40.4 Å². The number of amides is 1. The van der Waals surface area contributed by atoms with Gasteiger partial charge in [0.1, 0.15) is 0 Å². The van der Waals surface area contributed by atoms with Crippen molar-refractivity contribution in [3.8, 4) is 0 Å². The van der Waals surface area contributed by atoms with Gasteiger partial charge in [-0.2, -0.15) is 13.2 Å². The Balaban J connectivity index is 1.78. The van der Waals surface area contributed by atoms with Gasteiger partial charge in [-0.15, -0.1) is 0 Å². The predicted molar refractivity (Wildman–Crippen MR) is 108 cm³/mol. The minimum absolute atomic E-state index is 0.0734. The van der Waals surface area contributed by atoms with Crippen LogP contribution in [0.3, 0.4) is 0 Å². The molecule has 4 nitrogen and oxygen atoms in total. The van der Waals surface area contributed by atoms with Gasteiger partial charge in [-0.05, 0) is 55.8 Å². The molecule has 0 saturated carbocycles. The molecule has 2 aromatic rings. The number of alkyl halides is 3. The van der Waals surface area contributed by atoms with Crippen molar-refractivity contribution in [2.45, 2.75) is 25.1 Å². The SMILES string of the molecule is CN(C)c1ccc(C(CNC(=O)c2ccccc2C(F)(F)F)N2CCCC2)cc1. The second-order valence-corrected chi connectivity index (χ2v) is 7.50. The zero-order chi connectivity index (χ0) is 21.0. The van der Waals surface area contributed by atoms with Crippen LogP contribution in [0, 0.1) is 0 Å². The molecule has 3 rings (SSSR count). The molecule has 0 spiro atoms. The van der Waals surface area contributed by atoms with Gasteiger partial charge in [0.2, 0.25) is 0 Å². The van der Waals surface area contributed by atoms with Gasteiger partial charge in [0.25, 0.3) is 5.91 Å². The molecule has 156 valence electrons. The fourth-order valence-electron chi connectivity index (χ4n) is 3.72. The van der Waals surface area contributed by atoms with Crippen molar-refractivity contribution >= 4 is 11.6 Å². The lowest BCUT2D eigenvalue weighted by molar-refractivity contribution is -0.137. The summed E-state index contributed by atoms with van der Waals surface area (Å²) in [7, 11) is 3.93. The predicted octanol–water partition coefficient (Wildman–Crippen LogP) is 4.34. The first-order valence-corrected chi connectivity index (χ1v) is 9.73. The number of nitrogens with zero attached hydrogens (tertiary/aromatic N) is 2. The largest absolute Gasteiger partial charge is 0.417 e. The lowest BCUT2D eigenvalue weighted by atomic mass is 10.0. The van der Waals surface area contributed by atoms with E-state index in [0.717, 1.165) is 43.2 Å². The normalized spacial score (nSPS) is 15.9. The van der Waals surface area contributed by atoms with E-state index >= 15 is 0 Å². The average Bonchev–Trinajstić information content (AvgIpc) is 3.22. The van der Waals surface area contributed by atoms with Gasteiger partial charge in [-0.3, -0.25) is 9.69 Å². The highest BCUT2D eigenvalue weighted by atomic mass is 19.4. The number of nitrogens with one attached hydrogen (secondary N) is 1. The Labute approximate surface area is 169 Å². The van der Waals surface area contributed by atoms with E-state index in [1.165, 1.54) is 18.2 Å². The summed E-state index contributed by atoms with van der Waals surface area (Å²) in [5.41, 5.74) is 0.854. The fraction of sp³-hybridized carbons (Fsp3) is 0.409. The zero-order valence-corrected chi connectivity index (χ0v) is 16.7. The molecule has 1 saturated heterocycles. The van der Waals surface area contributed by atoms with Crippen molar-refractivity contribution in [1.29, 1.82) is 0 Å². The lowest BCUT2D eigenvalue weighted by Gasteiger charge is -2.29. The van der Waals surface area contributed by atoms with E-state index in [1.807, 2.05) is 43.3 Å². The number of benzene rings is 2. The number of likely N-dealkylation sites (tertiary alicyclic amines) is 1. The smallest absolute Gasteiger partial charge is 0.378 e. The number of hydrogen-bond donors (Lipinski definition) is 1. The van der Waals surface area contributed by atoms with Gasteiger partial charge in [-0.25, -0.2) is 0 Å². The molecule has 7 heteroatoms. The maximum atomic E-state index is 13.2. The molecule has 29 heavy (non-hydrogen) atoms. The first-order valence-electron chi connectivity index (χ1n) is 9.73. The number of anilines is 1. The Kier molecular flexibility index (Phi) is 6.47. The Hall–Kier alpha value is -2.54. The molecule has 0 radical (unpaired) electrons. The highest BCUT2D eigenvalue weighted by Crippen LogP contribution is 2.32. The second-order valence-electron chi connectivity index (χ2n) is 7.50. The summed E-state index contributed by atoms with van der Waals surface area (Å²) in [6, 6.07) is 12.9. The Morgan fingerprint density at radius 3 is 2.28 bits per heavy atom. The van der Waals surface area contributed by atoms with Gasteiger partial charge >= 0.3 is 6.18 Å². The third-order valence-electron chi connectivity index (χ3n) is 5.31. The number of halogens is 3. The lowest BCUT2D eigenvalue weighted by Crippen LogP contribution is -2.37. The van der Waals surface area contributed by atoms with Crippen LogP contribution in [0.2, 0.25) is 0 Å². The van der Waals surface area contributed by atoms with Crippen LogP contribution in [0.5, 0.6) is 0 Å². The Bertz CT molecular complexity index is 828. The van der Waals surface area contributed by atoms with Gasteiger partial charge in [0.15, 0.2) is 0 Å². The fourth-order valence-corrected chi connectivity index (χ4v) is 3.72. The van der Waals surface area contributed by atoms with E-state index in [1.54, 1.807) is 0 Å². The summed E-state index contributed by atoms with van der Waals surface area (Å²) in [5.74, 6) is -0.702. The summed E-state index contributed by atoms with van der Waals surface area (Å²) in [6.45, 7) is 2.08. The maximum absolute atomic E-state index is 13.2.